The summed E-state index contributed by atoms with van der Waals surface area (Å²) < 4.78 is 75.4. The van der Waals surface area contributed by atoms with Gasteiger partial charge in [0.2, 0.25) is 5.88 Å². The largest absolute Gasteiger partial charge is 0.466 e. The number of carbonyl (C=O) groups excluding carboxylic acids is 1. The van der Waals surface area contributed by atoms with Gasteiger partial charge in [-0.3, -0.25) is 9.20 Å². The van der Waals surface area contributed by atoms with Crippen LogP contribution in [-0.2, 0) is 6.18 Å². The maximum atomic E-state index is 14.7. The molecular formula is C23H17F5N4O2. The van der Waals surface area contributed by atoms with Gasteiger partial charge in [0.25, 0.3) is 11.8 Å². The number of benzene rings is 1. The minimum Gasteiger partial charge on any atom is -0.466 e. The SMILES string of the molecule is O=C(c1ccc(C(F)(F)F)n2ccnc12)N1CCC(F)(F)C(Oc2ccc3ccccc3n2)C1. The van der Waals surface area contributed by atoms with Crippen LogP contribution in [0.1, 0.15) is 22.5 Å². The van der Waals surface area contributed by atoms with E-state index in [-0.39, 0.29) is 23.6 Å². The van der Waals surface area contributed by atoms with E-state index >= 15 is 0 Å². The molecule has 1 saturated heterocycles. The van der Waals surface area contributed by atoms with Gasteiger partial charge in [-0.2, -0.15) is 13.2 Å². The van der Waals surface area contributed by atoms with Crippen molar-refractivity contribution in [1.29, 1.82) is 0 Å². The van der Waals surface area contributed by atoms with E-state index in [1.807, 2.05) is 12.1 Å². The van der Waals surface area contributed by atoms with Gasteiger partial charge in [-0.15, -0.1) is 0 Å². The Kier molecular flexibility index (Phi) is 5.14. The summed E-state index contributed by atoms with van der Waals surface area (Å²) in [4.78, 5) is 22.4. The van der Waals surface area contributed by atoms with Crippen LogP contribution in [0.15, 0.2) is 60.9 Å². The van der Waals surface area contributed by atoms with Crippen molar-refractivity contribution in [3.63, 3.8) is 0 Å². The molecule has 34 heavy (non-hydrogen) atoms. The fourth-order valence-corrected chi connectivity index (χ4v) is 4.02. The highest BCUT2D eigenvalue weighted by atomic mass is 19.4. The van der Waals surface area contributed by atoms with Gasteiger partial charge in [0.1, 0.15) is 11.3 Å². The van der Waals surface area contributed by atoms with Gasteiger partial charge in [0, 0.05) is 36.8 Å². The Morgan fingerprint density at radius 1 is 1.09 bits per heavy atom. The van der Waals surface area contributed by atoms with Crippen LogP contribution in [0.4, 0.5) is 22.0 Å². The molecule has 6 nitrogen and oxygen atoms in total. The molecule has 3 aromatic heterocycles. The monoisotopic (exact) mass is 476 g/mol. The summed E-state index contributed by atoms with van der Waals surface area (Å²) in [5.41, 5.74) is -0.750. The molecule has 11 heteroatoms. The van der Waals surface area contributed by atoms with E-state index < -0.39 is 42.8 Å². The molecule has 1 aliphatic heterocycles. The van der Waals surface area contributed by atoms with Gasteiger partial charge < -0.3 is 9.64 Å². The molecule has 0 N–H and O–H groups in total. The van der Waals surface area contributed by atoms with Crippen LogP contribution < -0.4 is 4.74 Å². The Bertz CT molecular complexity index is 1380. The summed E-state index contributed by atoms with van der Waals surface area (Å²) in [5.74, 6) is -3.95. The second kappa shape index (κ2) is 7.93. The smallest absolute Gasteiger partial charge is 0.431 e. The van der Waals surface area contributed by atoms with E-state index in [9.17, 15) is 26.7 Å². The lowest BCUT2D eigenvalue weighted by molar-refractivity contribution is -0.142. The molecule has 0 spiro atoms. The average Bonchev–Trinajstić information content (AvgIpc) is 3.28. The number of amides is 1. The summed E-state index contributed by atoms with van der Waals surface area (Å²) in [6, 6.07) is 12.1. The van der Waals surface area contributed by atoms with Crippen LogP contribution >= 0.6 is 0 Å². The van der Waals surface area contributed by atoms with Crippen LogP contribution in [0, 0.1) is 0 Å². The molecule has 0 aliphatic carbocycles. The Morgan fingerprint density at radius 2 is 1.88 bits per heavy atom. The maximum absolute atomic E-state index is 14.7. The second-order valence-corrected chi connectivity index (χ2v) is 7.96. The van der Waals surface area contributed by atoms with Gasteiger partial charge in [-0.1, -0.05) is 18.2 Å². The first-order valence-electron chi connectivity index (χ1n) is 10.4. The van der Waals surface area contributed by atoms with E-state index in [1.54, 1.807) is 18.2 Å². The Labute approximate surface area is 189 Å². The number of halogens is 5. The molecule has 1 amide bonds. The minimum atomic E-state index is -4.65. The number of ether oxygens (including phenoxy) is 1. The highest BCUT2D eigenvalue weighted by molar-refractivity contribution is 6.00. The summed E-state index contributed by atoms with van der Waals surface area (Å²) in [7, 11) is 0. The summed E-state index contributed by atoms with van der Waals surface area (Å²) >= 11 is 0. The van der Waals surface area contributed by atoms with E-state index in [1.165, 1.54) is 6.07 Å². The lowest BCUT2D eigenvalue weighted by Crippen LogP contribution is -2.55. The van der Waals surface area contributed by atoms with Crippen molar-refractivity contribution in [2.75, 3.05) is 13.1 Å². The topological polar surface area (TPSA) is 59.7 Å². The minimum absolute atomic E-state index is 0.0112. The van der Waals surface area contributed by atoms with Crippen molar-refractivity contribution in [3.05, 3.63) is 72.2 Å². The maximum Gasteiger partial charge on any atom is 0.431 e. The number of rotatable bonds is 3. The highest BCUT2D eigenvalue weighted by Crippen LogP contribution is 2.34. The normalized spacial score (nSPS) is 18.4. The molecule has 4 heterocycles. The number of likely N-dealkylation sites (tertiary alicyclic amines) is 1. The quantitative estimate of drug-likeness (QED) is 0.398. The Hall–Kier alpha value is -3.76. The number of hydrogen-bond acceptors (Lipinski definition) is 4. The number of carbonyl (C=O) groups is 1. The lowest BCUT2D eigenvalue weighted by Gasteiger charge is -2.38. The number of aromatic nitrogens is 3. The molecule has 1 fully saturated rings. The lowest BCUT2D eigenvalue weighted by atomic mass is 10.0. The van der Waals surface area contributed by atoms with Crippen molar-refractivity contribution in [3.8, 4) is 5.88 Å². The number of nitrogens with zero attached hydrogens (tertiary/aromatic N) is 4. The average molecular weight is 476 g/mol. The predicted octanol–water partition coefficient (Wildman–Crippen LogP) is 4.83. The third kappa shape index (κ3) is 3.91. The number of pyridine rings is 2. The van der Waals surface area contributed by atoms with Gasteiger partial charge in [0.05, 0.1) is 17.6 Å². The van der Waals surface area contributed by atoms with E-state index in [2.05, 4.69) is 9.97 Å². The second-order valence-electron chi connectivity index (χ2n) is 7.96. The zero-order valence-corrected chi connectivity index (χ0v) is 17.5. The van der Waals surface area contributed by atoms with Gasteiger partial charge in [-0.05, 0) is 24.3 Å². The number of imidazole rings is 1. The molecule has 176 valence electrons. The predicted molar refractivity (Wildman–Crippen MR) is 112 cm³/mol. The number of fused-ring (bicyclic) bond motifs is 2. The zero-order chi connectivity index (χ0) is 24.1. The van der Waals surface area contributed by atoms with Crippen LogP contribution in [0.25, 0.3) is 16.6 Å². The van der Waals surface area contributed by atoms with Crippen LogP contribution in [0.3, 0.4) is 0 Å². The molecule has 1 aromatic carbocycles. The van der Waals surface area contributed by atoms with Gasteiger partial charge >= 0.3 is 6.18 Å². The highest BCUT2D eigenvalue weighted by Gasteiger charge is 2.47. The number of para-hydroxylation sites is 1. The third-order valence-corrected chi connectivity index (χ3v) is 5.77. The molecule has 5 rings (SSSR count). The Morgan fingerprint density at radius 3 is 2.68 bits per heavy atom. The summed E-state index contributed by atoms with van der Waals surface area (Å²) in [6.07, 6.45) is -4.76. The molecule has 0 radical (unpaired) electrons. The first kappa shape index (κ1) is 22.1. The van der Waals surface area contributed by atoms with E-state index in [0.717, 1.165) is 39.2 Å². The van der Waals surface area contributed by atoms with Gasteiger partial charge in [-0.25, -0.2) is 18.7 Å². The van der Waals surface area contributed by atoms with E-state index in [0.29, 0.717) is 5.52 Å². The molecule has 1 aliphatic rings. The van der Waals surface area contributed by atoms with Crippen LogP contribution in [-0.4, -0.2) is 50.3 Å². The standard InChI is InChI=1S/C23H17F5N4O2/c24-22(25)9-11-31(13-18(22)34-19-8-5-14-3-1-2-4-16(14)30-19)21(33)15-6-7-17(23(26,27)28)32-12-10-29-20(15)32/h1-8,10,12,18H,9,11,13H2. The van der Waals surface area contributed by atoms with Crippen molar-refractivity contribution in [1.82, 2.24) is 19.3 Å². The van der Waals surface area contributed by atoms with Crippen molar-refractivity contribution in [2.45, 2.75) is 24.6 Å². The number of hydrogen-bond donors (Lipinski definition) is 0. The zero-order valence-electron chi connectivity index (χ0n) is 17.5. The third-order valence-electron chi connectivity index (χ3n) is 5.77. The number of piperidine rings is 1. The fraction of sp³-hybridized carbons (Fsp3) is 0.261. The Balaban J connectivity index is 1.42. The van der Waals surface area contributed by atoms with E-state index in [4.69, 9.17) is 4.74 Å². The molecule has 4 aromatic rings. The van der Waals surface area contributed by atoms with Crippen molar-refractivity contribution < 1.29 is 31.5 Å². The number of alkyl halides is 5. The van der Waals surface area contributed by atoms with Crippen LogP contribution in [0.2, 0.25) is 0 Å². The van der Waals surface area contributed by atoms with Gasteiger partial charge in [0.15, 0.2) is 6.10 Å². The first-order valence-corrected chi connectivity index (χ1v) is 10.4. The molecule has 0 saturated carbocycles. The summed E-state index contributed by atoms with van der Waals surface area (Å²) in [5, 5.41) is 0.813. The summed E-state index contributed by atoms with van der Waals surface area (Å²) in [6.45, 7) is -0.751. The van der Waals surface area contributed by atoms with Crippen molar-refractivity contribution in [2.24, 2.45) is 0 Å². The van der Waals surface area contributed by atoms with Crippen molar-refractivity contribution >= 4 is 22.5 Å². The first-order chi connectivity index (χ1) is 16.1. The molecule has 1 atom stereocenters. The molecular weight excluding hydrogens is 459 g/mol. The molecule has 1 unspecified atom stereocenters. The fourth-order valence-electron chi connectivity index (χ4n) is 4.02. The van der Waals surface area contributed by atoms with Crippen LogP contribution in [0.5, 0.6) is 5.88 Å². The molecule has 0 bridgehead atoms.